The maximum absolute atomic E-state index is 9.99. The molecule has 0 aromatic heterocycles. The Labute approximate surface area is 118 Å². The predicted octanol–water partition coefficient (Wildman–Crippen LogP) is 1.96. The molecule has 1 fully saturated rings. The van der Waals surface area contributed by atoms with Crippen LogP contribution in [0.5, 0.6) is 11.5 Å². The molecule has 3 N–H and O–H groups in total. The van der Waals surface area contributed by atoms with Gasteiger partial charge in [-0.3, -0.25) is 0 Å². The molecular weight excluding hydrogens is 262 g/mol. The summed E-state index contributed by atoms with van der Waals surface area (Å²) in [6, 6.07) is 5.53. The summed E-state index contributed by atoms with van der Waals surface area (Å²) < 4.78 is 11.4. The lowest BCUT2D eigenvalue weighted by molar-refractivity contribution is 0.155. The molecule has 1 heterocycles. The van der Waals surface area contributed by atoms with E-state index in [1.165, 1.54) is 0 Å². The maximum atomic E-state index is 9.99. The molecule has 4 nitrogen and oxygen atoms in total. The summed E-state index contributed by atoms with van der Waals surface area (Å²) in [6.45, 7) is 0.171. The lowest BCUT2D eigenvalue weighted by Crippen LogP contribution is -2.23. The van der Waals surface area contributed by atoms with Crippen LogP contribution in [-0.4, -0.2) is 36.4 Å². The number of hydrogen-bond donors (Lipinski definition) is 2. The van der Waals surface area contributed by atoms with Crippen molar-refractivity contribution in [2.45, 2.75) is 25.0 Å². The number of rotatable bonds is 5. The van der Waals surface area contributed by atoms with Crippen molar-refractivity contribution < 1.29 is 14.6 Å². The van der Waals surface area contributed by atoms with E-state index in [1.54, 1.807) is 7.11 Å². The van der Waals surface area contributed by atoms with Gasteiger partial charge in [-0.1, -0.05) is 12.1 Å². The highest BCUT2D eigenvalue weighted by atomic mass is 32.2. The normalized spacial score (nSPS) is 18.1. The van der Waals surface area contributed by atoms with E-state index in [1.807, 2.05) is 30.0 Å². The Balaban J connectivity index is 2.24. The topological polar surface area (TPSA) is 64.7 Å². The first kappa shape index (κ1) is 14.5. The summed E-state index contributed by atoms with van der Waals surface area (Å²) in [5.41, 5.74) is 6.26. The highest BCUT2D eigenvalue weighted by molar-refractivity contribution is 7.99. The summed E-state index contributed by atoms with van der Waals surface area (Å²) in [4.78, 5) is 0. The van der Waals surface area contributed by atoms with Crippen LogP contribution in [0.3, 0.4) is 0 Å². The molecule has 0 aliphatic carbocycles. The molecule has 19 heavy (non-hydrogen) atoms. The van der Waals surface area contributed by atoms with Gasteiger partial charge in [0.15, 0.2) is 11.5 Å². The zero-order valence-electron chi connectivity index (χ0n) is 11.2. The first-order valence-electron chi connectivity index (χ1n) is 6.55. The Morgan fingerprint density at radius 2 is 2.16 bits per heavy atom. The number of benzene rings is 1. The van der Waals surface area contributed by atoms with Gasteiger partial charge in [0, 0.05) is 12.1 Å². The van der Waals surface area contributed by atoms with Crippen LogP contribution in [0.15, 0.2) is 18.2 Å². The van der Waals surface area contributed by atoms with Crippen LogP contribution in [0.2, 0.25) is 0 Å². The fourth-order valence-electron chi connectivity index (χ4n) is 2.17. The molecule has 1 atom stereocenters. The van der Waals surface area contributed by atoms with Crippen LogP contribution in [0.25, 0.3) is 0 Å². The van der Waals surface area contributed by atoms with Crippen LogP contribution in [-0.2, 0) is 0 Å². The summed E-state index contributed by atoms with van der Waals surface area (Å²) in [5, 5.41) is 9.99. The zero-order valence-corrected chi connectivity index (χ0v) is 12.0. The van der Waals surface area contributed by atoms with Gasteiger partial charge >= 0.3 is 0 Å². The second-order valence-electron chi connectivity index (χ2n) is 4.56. The molecule has 1 aromatic rings. The Morgan fingerprint density at radius 3 is 2.79 bits per heavy atom. The smallest absolute Gasteiger partial charge is 0.167 e. The molecule has 1 aliphatic rings. The standard InChI is InChI=1S/C14H21NO3S/c1-17-13-4-2-3-11(12(16)9-15)14(13)18-10-5-7-19-8-6-10/h2-4,10,12,16H,5-9,15H2,1H3. The third-order valence-corrected chi connectivity index (χ3v) is 4.31. The molecule has 0 amide bonds. The number of methoxy groups -OCH3 is 1. The number of para-hydroxylation sites is 1. The van der Waals surface area contributed by atoms with Crippen molar-refractivity contribution in [2.75, 3.05) is 25.2 Å². The van der Waals surface area contributed by atoms with Gasteiger partial charge in [0.05, 0.1) is 13.2 Å². The highest BCUT2D eigenvalue weighted by Gasteiger charge is 2.21. The highest BCUT2D eigenvalue weighted by Crippen LogP contribution is 2.36. The fraction of sp³-hybridized carbons (Fsp3) is 0.571. The first-order chi connectivity index (χ1) is 9.26. The molecule has 5 heteroatoms. The van der Waals surface area contributed by atoms with E-state index in [2.05, 4.69) is 0 Å². The van der Waals surface area contributed by atoms with Crippen molar-refractivity contribution in [3.05, 3.63) is 23.8 Å². The minimum absolute atomic E-state index is 0.171. The largest absolute Gasteiger partial charge is 0.493 e. The number of aliphatic hydroxyl groups is 1. The number of aliphatic hydroxyl groups excluding tert-OH is 1. The van der Waals surface area contributed by atoms with Crippen LogP contribution >= 0.6 is 11.8 Å². The van der Waals surface area contributed by atoms with Gasteiger partial charge in [0.2, 0.25) is 0 Å². The van der Waals surface area contributed by atoms with E-state index in [0.29, 0.717) is 17.1 Å². The molecule has 1 saturated heterocycles. The van der Waals surface area contributed by atoms with Gasteiger partial charge in [-0.05, 0) is 30.4 Å². The number of nitrogens with two attached hydrogens (primary N) is 1. The molecule has 2 rings (SSSR count). The summed E-state index contributed by atoms with van der Waals surface area (Å²) in [7, 11) is 1.61. The third kappa shape index (κ3) is 3.55. The molecule has 0 bridgehead atoms. The van der Waals surface area contributed by atoms with Crippen molar-refractivity contribution >= 4 is 11.8 Å². The SMILES string of the molecule is COc1cccc(C(O)CN)c1OC1CCSCC1. The second-order valence-corrected chi connectivity index (χ2v) is 5.78. The Hall–Kier alpha value is -0.910. The van der Waals surface area contributed by atoms with Gasteiger partial charge in [0.25, 0.3) is 0 Å². The number of ether oxygens (including phenoxy) is 2. The lowest BCUT2D eigenvalue weighted by Gasteiger charge is -2.26. The molecule has 1 aliphatic heterocycles. The van der Waals surface area contributed by atoms with Crippen LogP contribution in [0.1, 0.15) is 24.5 Å². The molecule has 0 saturated carbocycles. The molecule has 0 radical (unpaired) electrons. The molecule has 1 aromatic carbocycles. The summed E-state index contributed by atoms with van der Waals surface area (Å²) in [5.74, 6) is 3.53. The fourth-order valence-corrected chi connectivity index (χ4v) is 3.23. The van der Waals surface area contributed by atoms with Crippen molar-refractivity contribution in [3.8, 4) is 11.5 Å². The Kier molecular flexibility index (Phi) is 5.36. The Bertz CT molecular complexity index is 408. The van der Waals surface area contributed by atoms with Crippen LogP contribution in [0.4, 0.5) is 0 Å². The van der Waals surface area contributed by atoms with E-state index >= 15 is 0 Å². The van der Waals surface area contributed by atoms with E-state index < -0.39 is 6.10 Å². The molecule has 1 unspecified atom stereocenters. The summed E-state index contributed by atoms with van der Waals surface area (Å²) >= 11 is 1.95. The van der Waals surface area contributed by atoms with E-state index in [9.17, 15) is 5.11 Å². The summed E-state index contributed by atoms with van der Waals surface area (Å²) in [6.07, 6.45) is 1.53. The minimum Gasteiger partial charge on any atom is -0.493 e. The van der Waals surface area contributed by atoms with Gasteiger partial charge < -0.3 is 20.3 Å². The number of hydrogen-bond acceptors (Lipinski definition) is 5. The van der Waals surface area contributed by atoms with Crippen molar-refractivity contribution in [1.29, 1.82) is 0 Å². The average molecular weight is 283 g/mol. The van der Waals surface area contributed by atoms with Crippen LogP contribution in [0, 0.1) is 0 Å². The lowest BCUT2D eigenvalue weighted by atomic mass is 10.1. The van der Waals surface area contributed by atoms with Gasteiger partial charge in [-0.2, -0.15) is 11.8 Å². The van der Waals surface area contributed by atoms with Gasteiger partial charge in [-0.25, -0.2) is 0 Å². The van der Waals surface area contributed by atoms with Crippen molar-refractivity contribution in [1.82, 2.24) is 0 Å². The predicted molar refractivity (Wildman–Crippen MR) is 78.0 cm³/mol. The van der Waals surface area contributed by atoms with E-state index in [4.69, 9.17) is 15.2 Å². The van der Waals surface area contributed by atoms with E-state index in [0.717, 1.165) is 24.3 Å². The third-order valence-electron chi connectivity index (χ3n) is 3.26. The Morgan fingerprint density at radius 1 is 1.42 bits per heavy atom. The zero-order chi connectivity index (χ0) is 13.7. The maximum Gasteiger partial charge on any atom is 0.167 e. The monoisotopic (exact) mass is 283 g/mol. The first-order valence-corrected chi connectivity index (χ1v) is 7.71. The quantitative estimate of drug-likeness (QED) is 0.865. The van der Waals surface area contributed by atoms with Gasteiger partial charge in [0.1, 0.15) is 6.10 Å². The van der Waals surface area contributed by atoms with E-state index in [-0.39, 0.29) is 12.6 Å². The number of thioether (sulfide) groups is 1. The van der Waals surface area contributed by atoms with Crippen molar-refractivity contribution in [2.24, 2.45) is 5.73 Å². The van der Waals surface area contributed by atoms with Crippen molar-refractivity contribution in [3.63, 3.8) is 0 Å². The second kappa shape index (κ2) is 7.03. The minimum atomic E-state index is -0.719. The van der Waals surface area contributed by atoms with Gasteiger partial charge in [-0.15, -0.1) is 0 Å². The van der Waals surface area contributed by atoms with Crippen LogP contribution < -0.4 is 15.2 Å². The molecular formula is C14H21NO3S. The molecule has 106 valence electrons. The molecule has 0 spiro atoms. The average Bonchev–Trinajstić information content (AvgIpc) is 2.47.